The number of nitrogens with one attached hydrogen (secondary N) is 1. The average molecular weight is 462 g/mol. The molecule has 0 saturated carbocycles. The highest BCUT2D eigenvalue weighted by Gasteiger charge is 2.19. The van der Waals surface area contributed by atoms with E-state index in [-0.39, 0.29) is 11.9 Å². The van der Waals surface area contributed by atoms with Gasteiger partial charge in [-0.25, -0.2) is 4.98 Å². The Hall–Kier alpha value is -4.45. The fourth-order valence-corrected chi connectivity index (χ4v) is 4.11. The second-order valence-corrected chi connectivity index (χ2v) is 8.65. The number of carbonyl (C=O) groups excluding carboxylic acids is 1. The second kappa shape index (κ2) is 9.43. The summed E-state index contributed by atoms with van der Waals surface area (Å²) in [4.78, 5) is 19.6. The molecule has 6 heteroatoms. The number of hydrogen-bond donors (Lipinski definition) is 1. The van der Waals surface area contributed by atoms with Crippen molar-refractivity contribution < 1.29 is 4.79 Å². The van der Waals surface area contributed by atoms with E-state index in [9.17, 15) is 4.79 Å². The first-order valence-electron chi connectivity index (χ1n) is 11.6. The van der Waals surface area contributed by atoms with E-state index >= 15 is 0 Å². The van der Waals surface area contributed by atoms with Crippen LogP contribution in [-0.2, 0) is 0 Å². The van der Waals surface area contributed by atoms with E-state index in [0.29, 0.717) is 5.56 Å². The predicted molar refractivity (Wildman–Crippen MR) is 140 cm³/mol. The van der Waals surface area contributed by atoms with E-state index in [1.54, 1.807) is 9.42 Å². The number of aromatic nitrogens is 3. The van der Waals surface area contributed by atoms with Crippen LogP contribution in [0.5, 0.6) is 0 Å². The number of aryl methyl sites for hydroxylation is 1. The number of anilines is 2. The van der Waals surface area contributed by atoms with Gasteiger partial charge >= 0.3 is 0 Å². The molecule has 0 aliphatic carbocycles. The van der Waals surface area contributed by atoms with Crippen LogP contribution in [0.2, 0.25) is 0 Å². The summed E-state index contributed by atoms with van der Waals surface area (Å²) in [5, 5.41) is 8.04. The third kappa shape index (κ3) is 4.64. The van der Waals surface area contributed by atoms with E-state index in [1.165, 1.54) is 0 Å². The zero-order chi connectivity index (χ0) is 24.4. The van der Waals surface area contributed by atoms with Gasteiger partial charge in [-0.15, -0.1) is 0 Å². The van der Waals surface area contributed by atoms with Gasteiger partial charge in [-0.2, -0.15) is 9.61 Å². The summed E-state index contributed by atoms with van der Waals surface area (Å²) in [6.45, 7) is 3.99. The van der Waals surface area contributed by atoms with Crippen molar-refractivity contribution in [3.05, 3.63) is 114 Å². The van der Waals surface area contributed by atoms with Crippen molar-refractivity contribution in [3.63, 3.8) is 0 Å². The number of carbonyl (C=O) groups is 1. The van der Waals surface area contributed by atoms with Crippen LogP contribution in [0.3, 0.4) is 0 Å². The molecule has 3 aromatic carbocycles. The molecule has 1 N–H and O–H groups in total. The first kappa shape index (κ1) is 22.3. The lowest BCUT2D eigenvalue weighted by Crippen LogP contribution is -2.29. The lowest BCUT2D eigenvalue weighted by atomic mass is 10.1. The molecule has 0 aliphatic heterocycles. The Morgan fingerprint density at radius 1 is 0.914 bits per heavy atom. The third-order valence-electron chi connectivity index (χ3n) is 6.21. The summed E-state index contributed by atoms with van der Waals surface area (Å²) in [5.41, 5.74) is 6.17. The molecule has 0 radical (unpaired) electrons. The Balaban J connectivity index is 1.39. The molecule has 5 rings (SSSR count). The average Bonchev–Trinajstić information content (AvgIpc) is 3.29. The zero-order valence-corrected chi connectivity index (χ0v) is 20.0. The Morgan fingerprint density at radius 2 is 1.57 bits per heavy atom. The van der Waals surface area contributed by atoms with Crippen LogP contribution in [0, 0.1) is 6.92 Å². The van der Waals surface area contributed by atoms with Gasteiger partial charge in [-0.05, 0) is 43.7 Å². The molecule has 0 aliphatic rings. The van der Waals surface area contributed by atoms with E-state index in [2.05, 4.69) is 10.4 Å². The van der Waals surface area contributed by atoms with Gasteiger partial charge in [0.25, 0.3) is 5.91 Å². The van der Waals surface area contributed by atoms with E-state index < -0.39 is 0 Å². The highest BCUT2D eigenvalue weighted by Crippen LogP contribution is 2.26. The molecule has 0 fully saturated rings. The minimum absolute atomic E-state index is 0.0201. The molecular formula is C29H27N5O. The van der Waals surface area contributed by atoms with Gasteiger partial charge in [-0.1, -0.05) is 60.7 Å². The first-order chi connectivity index (χ1) is 17.0. The van der Waals surface area contributed by atoms with Crippen molar-refractivity contribution >= 4 is 23.1 Å². The third-order valence-corrected chi connectivity index (χ3v) is 6.21. The fourth-order valence-electron chi connectivity index (χ4n) is 4.11. The van der Waals surface area contributed by atoms with Crippen LogP contribution in [0.1, 0.15) is 34.6 Å². The summed E-state index contributed by atoms with van der Waals surface area (Å²) >= 11 is 0. The van der Waals surface area contributed by atoms with Crippen molar-refractivity contribution in [2.45, 2.75) is 19.9 Å². The van der Waals surface area contributed by atoms with Gasteiger partial charge in [0.2, 0.25) is 0 Å². The summed E-state index contributed by atoms with van der Waals surface area (Å²) in [5.74, 6) is 0.782. The molecule has 0 unspecified atom stereocenters. The van der Waals surface area contributed by atoms with Gasteiger partial charge in [0.05, 0.1) is 17.4 Å². The molecule has 0 saturated heterocycles. The van der Waals surface area contributed by atoms with Gasteiger partial charge < -0.3 is 10.2 Å². The summed E-state index contributed by atoms with van der Waals surface area (Å²) < 4.78 is 1.80. The molecular weight excluding hydrogens is 434 g/mol. The molecule has 0 bridgehead atoms. The second-order valence-electron chi connectivity index (χ2n) is 8.65. The summed E-state index contributed by atoms with van der Waals surface area (Å²) in [6.07, 6.45) is 0. The van der Waals surface area contributed by atoms with Crippen LogP contribution in [-0.4, -0.2) is 32.5 Å². The van der Waals surface area contributed by atoms with Gasteiger partial charge in [0.15, 0.2) is 5.65 Å². The van der Waals surface area contributed by atoms with Crippen LogP contribution in [0.4, 0.5) is 11.5 Å². The summed E-state index contributed by atoms with van der Waals surface area (Å²) in [7, 11) is 1.84. The normalized spacial score (nSPS) is 11.9. The molecule has 2 aromatic heterocycles. The number of nitrogens with zero attached hydrogens (tertiary/aromatic N) is 4. The number of fused-ring (bicyclic) bond motifs is 1. The fraction of sp³-hybridized carbons (Fsp3) is 0.138. The predicted octanol–water partition coefficient (Wildman–Crippen LogP) is 6.28. The van der Waals surface area contributed by atoms with Crippen LogP contribution in [0.25, 0.3) is 16.9 Å². The van der Waals surface area contributed by atoms with Crippen LogP contribution in [0.15, 0.2) is 97.1 Å². The quantitative estimate of drug-likeness (QED) is 0.323. The number of rotatable bonds is 6. The van der Waals surface area contributed by atoms with Crippen LogP contribution < -0.4 is 5.32 Å². The highest BCUT2D eigenvalue weighted by molar-refractivity contribution is 5.94. The maximum absolute atomic E-state index is 13.1. The minimum Gasteiger partial charge on any atom is -0.340 e. The van der Waals surface area contributed by atoms with Crippen molar-refractivity contribution in [3.8, 4) is 11.3 Å². The topological polar surface area (TPSA) is 62.5 Å². The molecule has 1 amide bonds. The largest absolute Gasteiger partial charge is 0.340 e. The molecule has 0 spiro atoms. The molecule has 5 aromatic rings. The molecule has 1 atom stereocenters. The standard InChI is InChI=1S/C29H27N5O/c1-20-18-27-31-26(23-12-8-5-9-13-23)19-28(34(27)32-20)30-25-16-14-24(15-17-25)29(35)33(3)21(2)22-10-6-4-7-11-22/h4-19,21,30H,1-3H3/t21-/m1/s1. The molecule has 6 nitrogen and oxygen atoms in total. The first-order valence-corrected chi connectivity index (χ1v) is 11.6. The lowest BCUT2D eigenvalue weighted by Gasteiger charge is -2.25. The molecule has 2 heterocycles. The Kier molecular flexibility index (Phi) is 6.02. The summed E-state index contributed by atoms with van der Waals surface area (Å²) in [6, 6.07) is 31.6. The minimum atomic E-state index is -0.0222. The Labute approximate surface area is 204 Å². The van der Waals surface area contributed by atoms with Gasteiger partial charge in [-0.3, -0.25) is 4.79 Å². The maximum Gasteiger partial charge on any atom is 0.254 e. The van der Waals surface area contributed by atoms with Crippen molar-refractivity contribution in [1.82, 2.24) is 19.5 Å². The van der Waals surface area contributed by atoms with Crippen molar-refractivity contribution in [2.75, 3.05) is 12.4 Å². The number of benzene rings is 3. The maximum atomic E-state index is 13.1. The van der Waals surface area contributed by atoms with Crippen molar-refractivity contribution in [1.29, 1.82) is 0 Å². The molecule has 174 valence electrons. The van der Waals surface area contributed by atoms with Crippen molar-refractivity contribution in [2.24, 2.45) is 0 Å². The van der Waals surface area contributed by atoms with E-state index in [1.807, 2.05) is 118 Å². The Morgan fingerprint density at radius 3 is 2.26 bits per heavy atom. The van der Waals surface area contributed by atoms with Gasteiger partial charge in [0, 0.05) is 36.0 Å². The monoisotopic (exact) mass is 461 g/mol. The SMILES string of the molecule is Cc1cc2nc(-c3ccccc3)cc(Nc3ccc(C(=O)N(C)[C@H](C)c4ccccc4)cc3)n2n1. The highest BCUT2D eigenvalue weighted by atomic mass is 16.2. The molecule has 35 heavy (non-hydrogen) atoms. The Bertz CT molecular complexity index is 1460. The van der Waals surface area contributed by atoms with Crippen LogP contribution >= 0.6 is 0 Å². The van der Waals surface area contributed by atoms with Gasteiger partial charge in [0.1, 0.15) is 5.82 Å². The zero-order valence-electron chi connectivity index (χ0n) is 20.0. The van der Waals surface area contributed by atoms with E-state index in [4.69, 9.17) is 4.98 Å². The number of amides is 1. The smallest absolute Gasteiger partial charge is 0.254 e. The van der Waals surface area contributed by atoms with E-state index in [0.717, 1.165) is 39.7 Å². The number of hydrogen-bond acceptors (Lipinski definition) is 4. The lowest BCUT2D eigenvalue weighted by molar-refractivity contribution is 0.0742.